The van der Waals surface area contributed by atoms with E-state index in [0.29, 0.717) is 47.8 Å². The quantitative estimate of drug-likeness (QED) is 0.141. The van der Waals surface area contributed by atoms with Gasteiger partial charge in [0.15, 0.2) is 17.3 Å². The first-order valence-electron chi connectivity index (χ1n) is 13.3. The van der Waals surface area contributed by atoms with E-state index >= 15 is 4.39 Å². The van der Waals surface area contributed by atoms with Gasteiger partial charge in [-0.25, -0.2) is 14.4 Å². The summed E-state index contributed by atoms with van der Waals surface area (Å²) in [6, 6.07) is 12.0. The molecule has 0 aliphatic rings. The standard InChI is InChI=1S/C32H27Cl2FN6O2/c1-3-4-20(2)19-43-27-8-7-24(29(35)28(27)34)26-18-39-31-30(37-15-16-41(26)31)40-22-5-6-23(25(33)17-22)32(42)38-14-11-21-9-12-36-13-10-21/h3,5-10,12-13,15-18H,1-2,4,11,14,19H2,(H,37,40)(H,38,42). The Hall–Kier alpha value is -4.73. The Bertz CT molecular complexity index is 1810. The second-order valence-electron chi connectivity index (χ2n) is 9.56. The summed E-state index contributed by atoms with van der Waals surface area (Å²) >= 11 is 12.8. The molecule has 2 aromatic carbocycles. The molecule has 0 saturated carbocycles. The van der Waals surface area contributed by atoms with Crippen LogP contribution in [0.1, 0.15) is 22.3 Å². The lowest BCUT2D eigenvalue weighted by Crippen LogP contribution is -2.26. The van der Waals surface area contributed by atoms with Crippen molar-refractivity contribution in [3.05, 3.63) is 125 Å². The Morgan fingerprint density at radius 3 is 2.67 bits per heavy atom. The van der Waals surface area contributed by atoms with E-state index < -0.39 is 5.82 Å². The SMILES string of the molecule is C=CCC(=C)COc1ccc(-c2cnc3c(Nc4ccc(C(=O)NCCc5ccncc5)c(Cl)c4)nccn23)c(F)c1Cl. The first kappa shape index (κ1) is 29.8. The number of imidazole rings is 1. The van der Waals surface area contributed by atoms with Crippen LogP contribution >= 0.6 is 23.2 Å². The molecule has 5 aromatic rings. The van der Waals surface area contributed by atoms with Gasteiger partial charge in [-0.3, -0.25) is 14.2 Å². The Morgan fingerprint density at radius 1 is 1.09 bits per heavy atom. The van der Waals surface area contributed by atoms with Crippen LogP contribution in [0.15, 0.2) is 98.3 Å². The van der Waals surface area contributed by atoms with Crippen LogP contribution in [0.3, 0.4) is 0 Å². The molecule has 0 atom stereocenters. The lowest BCUT2D eigenvalue weighted by Gasteiger charge is -2.12. The molecule has 3 aromatic heterocycles. The Balaban J connectivity index is 1.31. The number of carbonyl (C=O) groups excluding carboxylic acids is 1. The zero-order valence-electron chi connectivity index (χ0n) is 23.0. The summed E-state index contributed by atoms with van der Waals surface area (Å²) in [4.78, 5) is 25.6. The summed E-state index contributed by atoms with van der Waals surface area (Å²) in [7, 11) is 0. The van der Waals surface area contributed by atoms with Gasteiger partial charge >= 0.3 is 0 Å². The molecule has 0 bridgehead atoms. The summed E-state index contributed by atoms with van der Waals surface area (Å²) < 4.78 is 22.8. The Morgan fingerprint density at radius 2 is 1.91 bits per heavy atom. The molecular weight excluding hydrogens is 590 g/mol. The number of nitrogens with zero attached hydrogens (tertiary/aromatic N) is 4. The number of benzene rings is 2. The summed E-state index contributed by atoms with van der Waals surface area (Å²) in [5.41, 5.74) is 3.97. The van der Waals surface area contributed by atoms with Gasteiger partial charge < -0.3 is 15.4 Å². The van der Waals surface area contributed by atoms with E-state index in [1.807, 2.05) is 12.1 Å². The van der Waals surface area contributed by atoms with E-state index in [4.69, 9.17) is 27.9 Å². The third kappa shape index (κ3) is 6.85. The fourth-order valence-electron chi connectivity index (χ4n) is 4.37. The predicted octanol–water partition coefficient (Wildman–Crippen LogP) is 7.46. The maximum Gasteiger partial charge on any atom is 0.252 e. The van der Waals surface area contributed by atoms with Gasteiger partial charge in [0.05, 0.1) is 22.5 Å². The molecule has 1 amide bonds. The van der Waals surface area contributed by atoms with Gasteiger partial charge in [-0.2, -0.15) is 0 Å². The first-order valence-corrected chi connectivity index (χ1v) is 14.1. The molecule has 43 heavy (non-hydrogen) atoms. The second kappa shape index (κ2) is 13.5. The van der Waals surface area contributed by atoms with Gasteiger partial charge in [0.25, 0.3) is 5.91 Å². The summed E-state index contributed by atoms with van der Waals surface area (Å²) in [5.74, 6) is -0.286. The van der Waals surface area contributed by atoms with Gasteiger partial charge in [-0.1, -0.05) is 35.9 Å². The Kier molecular flexibility index (Phi) is 9.34. The molecule has 8 nitrogen and oxygen atoms in total. The molecular formula is C32H27Cl2FN6O2. The molecule has 0 unspecified atom stereocenters. The number of nitrogens with one attached hydrogen (secondary N) is 2. The third-order valence-electron chi connectivity index (χ3n) is 6.54. The molecule has 0 radical (unpaired) electrons. The van der Waals surface area contributed by atoms with E-state index in [1.54, 1.807) is 65.6 Å². The number of anilines is 2. The fraction of sp³-hybridized carbons (Fsp3) is 0.125. The summed E-state index contributed by atoms with van der Waals surface area (Å²) in [6.07, 6.45) is 11.2. The van der Waals surface area contributed by atoms with Crippen molar-refractivity contribution in [1.29, 1.82) is 0 Å². The zero-order chi connectivity index (χ0) is 30.3. The monoisotopic (exact) mass is 616 g/mol. The van der Waals surface area contributed by atoms with Crippen LogP contribution in [0.4, 0.5) is 15.9 Å². The first-order chi connectivity index (χ1) is 20.9. The Labute approximate surface area is 257 Å². The number of allylic oxidation sites excluding steroid dienone is 1. The molecule has 2 N–H and O–H groups in total. The van der Waals surface area contributed by atoms with Crippen molar-refractivity contribution in [3.8, 4) is 17.0 Å². The third-order valence-corrected chi connectivity index (χ3v) is 7.21. The molecule has 0 saturated heterocycles. The number of amides is 1. The van der Waals surface area contributed by atoms with Crippen LogP contribution < -0.4 is 15.4 Å². The predicted molar refractivity (Wildman–Crippen MR) is 168 cm³/mol. The number of ether oxygens (including phenoxy) is 1. The van der Waals surface area contributed by atoms with Gasteiger partial charge in [0.2, 0.25) is 0 Å². The van der Waals surface area contributed by atoms with Gasteiger partial charge in [-0.15, -0.1) is 6.58 Å². The maximum atomic E-state index is 15.4. The van der Waals surface area contributed by atoms with Crippen LogP contribution in [-0.2, 0) is 6.42 Å². The largest absolute Gasteiger partial charge is 0.488 e. The van der Waals surface area contributed by atoms with E-state index in [9.17, 15) is 4.79 Å². The van der Waals surface area contributed by atoms with Crippen molar-refractivity contribution in [2.24, 2.45) is 0 Å². The molecule has 11 heteroatoms. The van der Waals surface area contributed by atoms with Crippen molar-refractivity contribution < 1.29 is 13.9 Å². The topological polar surface area (TPSA) is 93.4 Å². The molecule has 0 aliphatic heterocycles. The molecule has 0 fully saturated rings. The van der Waals surface area contributed by atoms with E-state index in [1.165, 1.54) is 6.20 Å². The van der Waals surface area contributed by atoms with E-state index in [-0.39, 0.29) is 33.9 Å². The lowest BCUT2D eigenvalue weighted by atomic mass is 10.1. The minimum Gasteiger partial charge on any atom is -0.488 e. The normalized spacial score (nSPS) is 10.9. The van der Waals surface area contributed by atoms with Crippen LogP contribution in [0.25, 0.3) is 16.9 Å². The highest BCUT2D eigenvalue weighted by molar-refractivity contribution is 6.34. The van der Waals surface area contributed by atoms with Crippen LogP contribution in [0.2, 0.25) is 10.0 Å². The number of hydrogen-bond acceptors (Lipinski definition) is 6. The second-order valence-corrected chi connectivity index (χ2v) is 10.3. The average Bonchev–Trinajstić information content (AvgIpc) is 3.43. The van der Waals surface area contributed by atoms with E-state index in [0.717, 1.165) is 11.1 Å². The molecule has 218 valence electrons. The molecule has 5 rings (SSSR count). The van der Waals surface area contributed by atoms with Crippen molar-refractivity contribution in [1.82, 2.24) is 24.7 Å². The van der Waals surface area contributed by atoms with Gasteiger partial charge in [0, 0.05) is 42.6 Å². The number of hydrogen-bond donors (Lipinski definition) is 2. The summed E-state index contributed by atoms with van der Waals surface area (Å²) in [5, 5.41) is 6.20. The van der Waals surface area contributed by atoms with Crippen molar-refractivity contribution in [3.63, 3.8) is 0 Å². The van der Waals surface area contributed by atoms with Crippen molar-refractivity contribution in [2.45, 2.75) is 12.8 Å². The minimum atomic E-state index is -0.636. The maximum absolute atomic E-state index is 15.4. The van der Waals surface area contributed by atoms with Crippen molar-refractivity contribution in [2.75, 3.05) is 18.5 Å². The molecule has 3 heterocycles. The zero-order valence-corrected chi connectivity index (χ0v) is 24.5. The number of fused-ring (bicyclic) bond motifs is 1. The smallest absolute Gasteiger partial charge is 0.252 e. The minimum absolute atomic E-state index is 0.137. The summed E-state index contributed by atoms with van der Waals surface area (Å²) in [6.45, 7) is 8.22. The highest BCUT2D eigenvalue weighted by Crippen LogP contribution is 2.36. The fourth-order valence-corrected chi connectivity index (χ4v) is 4.86. The van der Waals surface area contributed by atoms with E-state index in [2.05, 4.69) is 38.7 Å². The number of rotatable bonds is 12. The molecule has 0 aliphatic carbocycles. The lowest BCUT2D eigenvalue weighted by molar-refractivity contribution is 0.0954. The van der Waals surface area contributed by atoms with Crippen LogP contribution in [-0.4, -0.2) is 38.4 Å². The number of carbonyl (C=O) groups is 1. The van der Waals surface area contributed by atoms with Gasteiger partial charge in [-0.05, 0) is 66.4 Å². The highest BCUT2D eigenvalue weighted by Gasteiger charge is 2.19. The van der Waals surface area contributed by atoms with Gasteiger partial charge in [0.1, 0.15) is 17.4 Å². The van der Waals surface area contributed by atoms with Crippen LogP contribution in [0.5, 0.6) is 5.75 Å². The van der Waals surface area contributed by atoms with Crippen LogP contribution in [0, 0.1) is 5.82 Å². The highest BCUT2D eigenvalue weighted by atomic mass is 35.5. The molecule has 0 spiro atoms. The van der Waals surface area contributed by atoms with Crippen molar-refractivity contribution >= 4 is 46.3 Å². The number of aromatic nitrogens is 4. The number of halogens is 3. The number of pyridine rings is 1. The average molecular weight is 618 g/mol.